The summed E-state index contributed by atoms with van der Waals surface area (Å²) in [4.78, 5) is 28.9. The number of thiazole rings is 1. The van der Waals surface area contributed by atoms with Crippen LogP contribution in [0.1, 0.15) is 36.4 Å². The molecule has 0 bridgehead atoms. The summed E-state index contributed by atoms with van der Waals surface area (Å²) in [6.07, 6.45) is 2.91. The second kappa shape index (κ2) is 6.43. The van der Waals surface area contributed by atoms with Crippen LogP contribution in [0.5, 0.6) is 0 Å². The summed E-state index contributed by atoms with van der Waals surface area (Å²) >= 11 is 1.56. The van der Waals surface area contributed by atoms with E-state index in [0.717, 1.165) is 30.0 Å². The second-order valence-corrected chi connectivity index (χ2v) is 6.86. The van der Waals surface area contributed by atoms with E-state index in [-0.39, 0.29) is 17.9 Å². The van der Waals surface area contributed by atoms with Crippen LogP contribution in [0.3, 0.4) is 0 Å². The van der Waals surface area contributed by atoms with E-state index in [4.69, 9.17) is 5.11 Å². The molecule has 7 heteroatoms. The van der Waals surface area contributed by atoms with Crippen molar-refractivity contribution >= 4 is 23.3 Å². The van der Waals surface area contributed by atoms with Crippen molar-refractivity contribution in [2.45, 2.75) is 39.2 Å². The minimum Gasteiger partial charge on any atom is -0.481 e. The minimum atomic E-state index is -0.796. The van der Waals surface area contributed by atoms with Gasteiger partial charge in [0.15, 0.2) is 0 Å². The van der Waals surface area contributed by atoms with Crippen LogP contribution in [0.4, 0.5) is 4.79 Å². The van der Waals surface area contributed by atoms with Crippen LogP contribution in [0, 0.1) is 12.3 Å². The number of carboxylic acids is 1. The molecule has 1 aromatic rings. The zero-order valence-electron chi connectivity index (χ0n) is 12.4. The number of aliphatic carboxylic acids is 1. The third kappa shape index (κ3) is 4.17. The van der Waals surface area contributed by atoms with Gasteiger partial charge in [-0.3, -0.25) is 4.79 Å². The fourth-order valence-electron chi connectivity index (χ4n) is 2.61. The van der Waals surface area contributed by atoms with Gasteiger partial charge >= 0.3 is 12.0 Å². The highest BCUT2D eigenvalue weighted by molar-refractivity contribution is 7.09. The molecule has 2 rings (SSSR count). The molecule has 0 saturated heterocycles. The lowest BCUT2D eigenvalue weighted by Gasteiger charge is -2.41. The molecule has 0 aromatic carbocycles. The van der Waals surface area contributed by atoms with Crippen molar-refractivity contribution in [2.75, 3.05) is 13.6 Å². The molecular formula is C14H21N3O3S. The predicted molar refractivity (Wildman–Crippen MR) is 80.3 cm³/mol. The molecule has 0 aliphatic heterocycles. The molecular weight excluding hydrogens is 290 g/mol. The van der Waals surface area contributed by atoms with Gasteiger partial charge in [0.1, 0.15) is 0 Å². The summed E-state index contributed by atoms with van der Waals surface area (Å²) in [5.74, 6) is -0.796. The number of carboxylic acid groups (broad SMARTS) is 1. The lowest BCUT2D eigenvalue weighted by atomic mass is 9.66. The van der Waals surface area contributed by atoms with E-state index in [1.54, 1.807) is 23.3 Å². The number of aryl methyl sites for hydroxylation is 1. The Morgan fingerprint density at radius 1 is 1.52 bits per heavy atom. The zero-order chi connectivity index (χ0) is 15.5. The number of hydrogen-bond donors (Lipinski definition) is 2. The maximum absolute atomic E-state index is 12.1. The Balaban J connectivity index is 1.82. The Hall–Kier alpha value is -1.63. The van der Waals surface area contributed by atoms with Gasteiger partial charge in [0.05, 0.1) is 23.7 Å². The first-order valence-electron chi connectivity index (χ1n) is 7.02. The number of amides is 2. The van der Waals surface area contributed by atoms with Crippen LogP contribution >= 0.6 is 11.3 Å². The predicted octanol–water partition coefficient (Wildman–Crippen LogP) is 2.24. The SMILES string of the molecule is Cc1nc(CN(C)C(=O)NCC2(CC(=O)O)CCC2)cs1. The normalized spacial score (nSPS) is 16.1. The maximum Gasteiger partial charge on any atom is 0.317 e. The van der Waals surface area contributed by atoms with Crippen LogP contribution in [-0.4, -0.2) is 40.6 Å². The van der Waals surface area contributed by atoms with Crippen molar-refractivity contribution in [3.05, 3.63) is 16.1 Å². The lowest BCUT2D eigenvalue weighted by Crippen LogP contribution is -2.46. The van der Waals surface area contributed by atoms with Crippen LogP contribution in [0.25, 0.3) is 0 Å². The highest BCUT2D eigenvalue weighted by Gasteiger charge is 2.39. The summed E-state index contributed by atoms with van der Waals surface area (Å²) in [6, 6.07) is -0.183. The number of nitrogens with one attached hydrogen (secondary N) is 1. The first-order chi connectivity index (χ1) is 9.90. The Morgan fingerprint density at radius 2 is 2.24 bits per heavy atom. The van der Waals surface area contributed by atoms with Crippen LogP contribution < -0.4 is 5.32 Å². The fraction of sp³-hybridized carbons (Fsp3) is 0.643. The third-order valence-corrected chi connectivity index (χ3v) is 4.79. The van der Waals surface area contributed by atoms with Gasteiger partial charge in [-0.05, 0) is 25.2 Å². The molecule has 21 heavy (non-hydrogen) atoms. The van der Waals surface area contributed by atoms with Gasteiger partial charge in [-0.2, -0.15) is 0 Å². The highest BCUT2D eigenvalue weighted by atomic mass is 32.1. The van der Waals surface area contributed by atoms with Gasteiger partial charge in [-0.15, -0.1) is 11.3 Å². The first kappa shape index (κ1) is 15.8. The third-order valence-electron chi connectivity index (χ3n) is 3.97. The second-order valence-electron chi connectivity index (χ2n) is 5.80. The average molecular weight is 311 g/mol. The summed E-state index contributed by atoms with van der Waals surface area (Å²) in [5.41, 5.74) is 0.624. The number of nitrogens with zero attached hydrogens (tertiary/aromatic N) is 2. The molecule has 0 spiro atoms. The van der Waals surface area contributed by atoms with E-state index in [9.17, 15) is 9.59 Å². The van der Waals surface area contributed by atoms with E-state index < -0.39 is 5.97 Å². The number of rotatable bonds is 6. The molecule has 1 aromatic heterocycles. The van der Waals surface area contributed by atoms with Gasteiger partial charge in [0.25, 0.3) is 0 Å². The standard InChI is InChI=1S/C14H21N3O3S/c1-10-16-11(8-21-10)7-17(2)13(20)15-9-14(4-3-5-14)6-12(18)19/h8H,3-7,9H2,1-2H3,(H,15,20)(H,18,19). The topological polar surface area (TPSA) is 82.5 Å². The summed E-state index contributed by atoms with van der Waals surface area (Å²) in [5, 5.41) is 14.7. The highest BCUT2D eigenvalue weighted by Crippen LogP contribution is 2.43. The van der Waals surface area contributed by atoms with Crippen molar-refractivity contribution in [1.29, 1.82) is 0 Å². The Labute approximate surface area is 128 Å². The molecule has 1 fully saturated rings. The number of carbonyl (C=O) groups is 2. The van der Waals surface area contributed by atoms with Gasteiger partial charge in [-0.1, -0.05) is 6.42 Å². The number of hydrogen-bond acceptors (Lipinski definition) is 4. The fourth-order valence-corrected chi connectivity index (χ4v) is 3.21. The van der Waals surface area contributed by atoms with Crippen molar-refractivity contribution in [2.24, 2.45) is 5.41 Å². The van der Waals surface area contributed by atoms with Crippen molar-refractivity contribution in [1.82, 2.24) is 15.2 Å². The Kier molecular flexibility index (Phi) is 4.82. The molecule has 6 nitrogen and oxygen atoms in total. The molecule has 2 N–H and O–H groups in total. The van der Waals surface area contributed by atoms with E-state index in [2.05, 4.69) is 10.3 Å². The van der Waals surface area contributed by atoms with E-state index in [1.807, 2.05) is 12.3 Å². The molecule has 1 aliphatic rings. The average Bonchev–Trinajstić information content (AvgIpc) is 2.77. The smallest absolute Gasteiger partial charge is 0.317 e. The molecule has 0 atom stereocenters. The van der Waals surface area contributed by atoms with Gasteiger partial charge in [0.2, 0.25) is 0 Å². The lowest BCUT2D eigenvalue weighted by molar-refractivity contribution is -0.141. The van der Waals surface area contributed by atoms with Crippen LogP contribution in [0.15, 0.2) is 5.38 Å². The van der Waals surface area contributed by atoms with Crippen molar-refractivity contribution in [3.63, 3.8) is 0 Å². The molecule has 2 amide bonds. The quantitative estimate of drug-likeness (QED) is 0.844. The van der Waals surface area contributed by atoms with Gasteiger partial charge in [0, 0.05) is 19.0 Å². The largest absolute Gasteiger partial charge is 0.481 e. The Morgan fingerprint density at radius 3 is 2.71 bits per heavy atom. The van der Waals surface area contributed by atoms with Gasteiger partial charge < -0.3 is 15.3 Å². The number of urea groups is 1. The molecule has 0 unspecified atom stereocenters. The number of carbonyl (C=O) groups excluding carboxylic acids is 1. The Bertz CT molecular complexity index is 525. The van der Waals surface area contributed by atoms with E-state index in [0.29, 0.717) is 13.1 Å². The number of aromatic nitrogens is 1. The first-order valence-corrected chi connectivity index (χ1v) is 7.90. The molecule has 1 aliphatic carbocycles. The van der Waals surface area contributed by atoms with E-state index >= 15 is 0 Å². The molecule has 0 radical (unpaired) electrons. The minimum absolute atomic E-state index is 0.127. The summed E-state index contributed by atoms with van der Waals surface area (Å²) in [6.45, 7) is 2.82. The molecule has 116 valence electrons. The van der Waals surface area contributed by atoms with Crippen molar-refractivity contribution < 1.29 is 14.7 Å². The van der Waals surface area contributed by atoms with Crippen LogP contribution in [0.2, 0.25) is 0 Å². The van der Waals surface area contributed by atoms with Gasteiger partial charge in [-0.25, -0.2) is 9.78 Å². The maximum atomic E-state index is 12.1. The zero-order valence-corrected chi connectivity index (χ0v) is 13.2. The van der Waals surface area contributed by atoms with Crippen LogP contribution in [-0.2, 0) is 11.3 Å². The summed E-state index contributed by atoms with van der Waals surface area (Å²) in [7, 11) is 1.72. The van der Waals surface area contributed by atoms with E-state index in [1.165, 1.54) is 0 Å². The molecule has 1 saturated carbocycles. The summed E-state index contributed by atoms with van der Waals surface area (Å²) < 4.78 is 0. The molecule has 1 heterocycles. The van der Waals surface area contributed by atoms with Crippen molar-refractivity contribution in [3.8, 4) is 0 Å². The monoisotopic (exact) mass is 311 g/mol.